The number of hydrogen-bond acceptors (Lipinski definition) is 0. The molecule has 15 heavy (non-hydrogen) atoms. The monoisotopic (exact) mass is 204 g/mol. The first-order chi connectivity index (χ1) is 7.09. The second-order valence-corrected chi connectivity index (χ2v) is 6.66. The molecule has 0 bridgehead atoms. The van der Waals surface area contributed by atoms with Crippen LogP contribution in [0.2, 0.25) is 0 Å². The van der Waals surface area contributed by atoms with Crippen LogP contribution in [0.4, 0.5) is 0 Å². The molecule has 3 aliphatic carbocycles. The van der Waals surface area contributed by atoms with Gasteiger partial charge >= 0.3 is 0 Å². The second-order valence-electron chi connectivity index (χ2n) is 6.66. The van der Waals surface area contributed by atoms with E-state index in [9.17, 15) is 0 Å². The molecule has 0 N–H and O–H groups in total. The third kappa shape index (κ3) is 1.04. The van der Waals surface area contributed by atoms with Crippen LogP contribution >= 0.6 is 0 Å². The van der Waals surface area contributed by atoms with Crippen molar-refractivity contribution in [1.29, 1.82) is 0 Å². The Balaban J connectivity index is 1.91. The van der Waals surface area contributed by atoms with Crippen LogP contribution in [0.5, 0.6) is 0 Å². The molecule has 0 saturated heterocycles. The summed E-state index contributed by atoms with van der Waals surface area (Å²) in [4.78, 5) is 0. The largest absolute Gasteiger partial charge is 0.0995 e. The van der Waals surface area contributed by atoms with Crippen molar-refractivity contribution in [3.05, 3.63) is 12.2 Å². The molecule has 3 fully saturated rings. The summed E-state index contributed by atoms with van der Waals surface area (Å²) < 4.78 is 0. The van der Waals surface area contributed by atoms with E-state index in [1.165, 1.54) is 25.7 Å². The smallest absolute Gasteiger partial charge is 0.0107 e. The Morgan fingerprint density at radius 2 is 2.07 bits per heavy atom. The summed E-state index contributed by atoms with van der Waals surface area (Å²) in [7, 11) is 0. The highest BCUT2D eigenvalue weighted by atomic mass is 14.8. The van der Waals surface area contributed by atoms with E-state index in [-0.39, 0.29) is 0 Å². The minimum absolute atomic E-state index is 0.740. The zero-order valence-corrected chi connectivity index (χ0v) is 10.4. The van der Waals surface area contributed by atoms with Gasteiger partial charge < -0.3 is 0 Å². The van der Waals surface area contributed by atoms with Crippen molar-refractivity contribution in [2.75, 3.05) is 0 Å². The van der Waals surface area contributed by atoms with Crippen molar-refractivity contribution < 1.29 is 0 Å². The molecule has 0 aromatic rings. The lowest BCUT2D eigenvalue weighted by molar-refractivity contribution is 0.142. The minimum atomic E-state index is 0.740. The number of fused-ring (bicyclic) bond motifs is 1. The maximum absolute atomic E-state index is 4.32. The quantitative estimate of drug-likeness (QED) is 0.559. The van der Waals surface area contributed by atoms with Gasteiger partial charge in [0.05, 0.1) is 0 Å². The van der Waals surface area contributed by atoms with Crippen LogP contribution in [-0.2, 0) is 0 Å². The van der Waals surface area contributed by atoms with Crippen LogP contribution in [0.3, 0.4) is 0 Å². The Labute approximate surface area is 94.1 Å². The van der Waals surface area contributed by atoms with Crippen molar-refractivity contribution in [1.82, 2.24) is 0 Å². The molecular weight excluding hydrogens is 180 g/mol. The van der Waals surface area contributed by atoms with Crippen molar-refractivity contribution in [3.63, 3.8) is 0 Å². The summed E-state index contributed by atoms with van der Waals surface area (Å²) in [6.45, 7) is 11.7. The molecule has 0 heteroatoms. The fraction of sp³-hybridized carbons (Fsp3) is 0.867. The maximum Gasteiger partial charge on any atom is -0.0107 e. The third-order valence-electron chi connectivity index (χ3n) is 5.94. The second kappa shape index (κ2) is 2.90. The maximum atomic E-state index is 4.32. The molecule has 0 heterocycles. The summed E-state index contributed by atoms with van der Waals surface area (Å²) in [5.41, 5.74) is 2.34. The Bertz CT molecular complexity index is 301. The van der Waals surface area contributed by atoms with Gasteiger partial charge in [-0.2, -0.15) is 0 Å². The Kier molecular flexibility index (Phi) is 1.92. The normalized spacial score (nSPS) is 52.9. The van der Waals surface area contributed by atoms with Crippen LogP contribution in [-0.4, -0.2) is 0 Å². The highest BCUT2D eigenvalue weighted by Gasteiger charge is 2.73. The van der Waals surface area contributed by atoms with Gasteiger partial charge in [0, 0.05) is 0 Å². The van der Waals surface area contributed by atoms with Gasteiger partial charge in [-0.3, -0.25) is 0 Å². The lowest BCUT2D eigenvalue weighted by atomic mass is 9.70. The van der Waals surface area contributed by atoms with Crippen molar-refractivity contribution in [2.45, 2.75) is 46.5 Å². The Hall–Kier alpha value is -0.260. The van der Waals surface area contributed by atoms with E-state index in [2.05, 4.69) is 27.4 Å². The Morgan fingerprint density at radius 3 is 2.73 bits per heavy atom. The zero-order chi connectivity index (χ0) is 10.8. The molecule has 0 nitrogen and oxygen atoms in total. The molecule has 0 aliphatic heterocycles. The molecule has 5 atom stereocenters. The summed E-state index contributed by atoms with van der Waals surface area (Å²) in [5, 5.41) is 0. The lowest BCUT2D eigenvalue weighted by Crippen LogP contribution is -2.27. The van der Waals surface area contributed by atoms with E-state index >= 15 is 0 Å². The van der Waals surface area contributed by atoms with Gasteiger partial charge in [0.15, 0.2) is 0 Å². The molecule has 84 valence electrons. The molecule has 0 aromatic carbocycles. The average molecular weight is 204 g/mol. The molecule has 3 saturated carbocycles. The molecule has 0 aromatic heterocycles. The van der Waals surface area contributed by atoms with Gasteiger partial charge in [0.25, 0.3) is 0 Å². The Morgan fingerprint density at radius 1 is 1.33 bits per heavy atom. The molecule has 0 unspecified atom stereocenters. The van der Waals surface area contributed by atoms with E-state index in [0.717, 1.165) is 35.0 Å². The van der Waals surface area contributed by atoms with Gasteiger partial charge in [0.2, 0.25) is 0 Å². The first-order valence-electron chi connectivity index (χ1n) is 6.76. The third-order valence-corrected chi connectivity index (χ3v) is 5.94. The highest BCUT2D eigenvalue weighted by molar-refractivity contribution is 5.33. The van der Waals surface area contributed by atoms with E-state index < -0.39 is 0 Å². The number of hydrogen-bond donors (Lipinski definition) is 0. The van der Waals surface area contributed by atoms with Crippen molar-refractivity contribution in [2.24, 2.45) is 35.0 Å². The first kappa shape index (κ1) is 9.93. The van der Waals surface area contributed by atoms with Crippen LogP contribution in [0.25, 0.3) is 0 Å². The summed E-state index contributed by atoms with van der Waals surface area (Å²) in [5.74, 6) is 4.83. The molecule has 3 rings (SSSR count). The molecule has 3 aliphatic rings. The SMILES string of the molecule is C=C1CC[C@@]23[C@H]([C@@H]12)[C@H](C(C)C)CC[C@H]3C. The number of allylic oxidation sites excluding steroid dienone is 1. The van der Waals surface area contributed by atoms with Crippen LogP contribution in [0, 0.1) is 35.0 Å². The van der Waals surface area contributed by atoms with E-state index in [4.69, 9.17) is 0 Å². The summed E-state index contributed by atoms with van der Waals surface area (Å²) in [6.07, 6.45) is 5.75. The van der Waals surface area contributed by atoms with Crippen LogP contribution < -0.4 is 0 Å². The standard InChI is InChI=1S/C15H24/c1-9(2)12-6-5-11(4)15-8-7-10(3)13(15)14(12)15/h9,11-14H,3,5-8H2,1-2,4H3/t11-,12+,13-,14+,15+/m1/s1. The predicted octanol–water partition coefficient (Wildman–Crippen LogP) is 4.27. The summed E-state index contributed by atoms with van der Waals surface area (Å²) >= 11 is 0. The van der Waals surface area contributed by atoms with Gasteiger partial charge in [-0.1, -0.05) is 32.9 Å². The fourth-order valence-electron chi connectivity index (χ4n) is 5.14. The summed E-state index contributed by atoms with van der Waals surface area (Å²) in [6, 6.07) is 0. The predicted molar refractivity (Wildman–Crippen MR) is 64.5 cm³/mol. The van der Waals surface area contributed by atoms with Gasteiger partial charge in [-0.05, 0) is 60.7 Å². The fourth-order valence-corrected chi connectivity index (χ4v) is 5.14. The average Bonchev–Trinajstić information content (AvgIpc) is 2.75. The van der Waals surface area contributed by atoms with Gasteiger partial charge in [0.1, 0.15) is 0 Å². The van der Waals surface area contributed by atoms with Crippen molar-refractivity contribution in [3.8, 4) is 0 Å². The van der Waals surface area contributed by atoms with Gasteiger partial charge in [-0.15, -0.1) is 0 Å². The van der Waals surface area contributed by atoms with Crippen LogP contribution in [0.15, 0.2) is 12.2 Å². The van der Waals surface area contributed by atoms with E-state index in [1.807, 2.05) is 0 Å². The zero-order valence-electron chi connectivity index (χ0n) is 10.4. The van der Waals surface area contributed by atoms with Crippen LogP contribution in [0.1, 0.15) is 46.5 Å². The first-order valence-corrected chi connectivity index (χ1v) is 6.76. The van der Waals surface area contributed by atoms with E-state index in [1.54, 1.807) is 5.57 Å². The molecule has 1 spiro atoms. The molecular formula is C15H24. The molecule has 0 amide bonds. The van der Waals surface area contributed by atoms with Gasteiger partial charge in [-0.25, -0.2) is 0 Å². The topological polar surface area (TPSA) is 0 Å². The number of rotatable bonds is 1. The van der Waals surface area contributed by atoms with Crippen molar-refractivity contribution >= 4 is 0 Å². The lowest BCUT2D eigenvalue weighted by Gasteiger charge is -2.35. The minimum Gasteiger partial charge on any atom is -0.0995 e. The molecule has 0 radical (unpaired) electrons. The highest BCUT2D eigenvalue weighted by Crippen LogP contribution is 2.79. The van der Waals surface area contributed by atoms with E-state index in [0.29, 0.717) is 0 Å².